The van der Waals surface area contributed by atoms with E-state index in [1.165, 1.54) is 10.6 Å². The van der Waals surface area contributed by atoms with E-state index in [0.717, 1.165) is 23.6 Å². The first kappa shape index (κ1) is 24.3. The van der Waals surface area contributed by atoms with Crippen molar-refractivity contribution in [2.24, 2.45) is 7.05 Å². The van der Waals surface area contributed by atoms with Crippen molar-refractivity contribution in [2.75, 3.05) is 7.05 Å². The number of carbonyl (C=O) groups is 1. The average Bonchev–Trinajstić information content (AvgIpc) is 3.01. The maximum atomic E-state index is 15.1. The van der Waals surface area contributed by atoms with Crippen molar-refractivity contribution in [3.63, 3.8) is 0 Å². The zero-order valence-electron chi connectivity index (χ0n) is 18.9. The Bertz CT molecular complexity index is 982. The number of aromatic nitrogens is 3. The molecule has 9 heteroatoms. The molecule has 0 bridgehead atoms. The lowest BCUT2D eigenvalue weighted by molar-refractivity contribution is 0.0936. The number of nitrogens with zero attached hydrogens (tertiary/aromatic N) is 3. The van der Waals surface area contributed by atoms with Crippen LogP contribution in [0, 0.1) is 5.82 Å². The maximum absolute atomic E-state index is 15.1. The second-order valence-corrected chi connectivity index (χ2v) is 7.44. The van der Waals surface area contributed by atoms with Crippen LogP contribution in [-0.4, -0.2) is 39.4 Å². The van der Waals surface area contributed by atoms with Crippen LogP contribution in [0.1, 0.15) is 56.2 Å². The largest absolute Gasteiger partial charge is 0.490 e. The number of nitrogens with one attached hydrogen (secondary N) is 2. The van der Waals surface area contributed by atoms with E-state index < -0.39 is 17.4 Å². The Morgan fingerprint density at radius 3 is 2.68 bits per heavy atom. The molecular weight excluding hydrogens is 401 g/mol. The van der Waals surface area contributed by atoms with E-state index in [1.807, 2.05) is 20.8 Å². The molecule has 31 heavy (non-hydrogen) atoms. The van der Waals surface area contributed by atoms with Gasteiger partial charge in [0.1, 0.15) is 23.1 Å². The SMILES string of the molecule is C=CC(CC)NC(=O)c1cc(F)c(-n2nc(CNC)n(C)c2=O)cc1O[C@@H](C)CCC. The Balaban J connectivity index is 2.58. The van der Waals surface area contributed by atoms with Crippen LogP contribution in [0.15, 0.2) is 29.6 Å². The Morgan fingerprint density at radius 2 is 2.10 bits per heavy atom. The van der Waals surface area contributed by atoms with Crippen LogP contribution in [0.4, 0.5) is 4.39 Å². The number of hydrogen-bond acceptors (Lipinski definition) is 5. The van der Waals surface area contributed by atoms with Gasteiger partial charge in [-0.2, -0.15) is 4.68 Å². The highest BCUT2D eigenvalue weighted by atomic mass is 19.1. The first-order chi connectivity index (χ1) is 14.8. The van der Waals surface area contributed by atoms with Crippen molar-refractivity contribution < 1.29 is 13.9 Å². The summed E-state index contributed by atoms with van der Waals surface area (Å²) in [6.45, 7) is 9.87. The average molecular weight is 434 g/mol. The van der Waals surface area contributed by atoms with E-state index in [4.69, 9.17) is 4.74 Å². The summed E-state index contributed by atoms with van der Waals surface area (Å²) in [5.74, 6) is -0.572. The van der Waals surface area contributed by atoms with Crippen molar-refractivity contribution in [1.82, 2.24) is 25.0 Å². The maximum Gasteiger partial charge on any atom is 0.350 e. The molecule has 0 aliphatic rings. The molecule has 1 aromatic heterocycles. The molecule has 2 N–H and O–H groups in total. The first-order valence-corrected chi connectivity index (χ1v) is 10.5. The normalized spacial score (nSPS) is 13.0. The van der Waals surface area contributed by atoms with Gasteiger partial charge in [-0.25, -0.2) is 9.18 Å². The Labute approximate surface area is 182 Å². The number of benzene rings is 1. The summed E-state index contributed by atoms with van der Waals surface area (Å²) < 4.78 is 23.4. The third kappa shape index (κ3) is 5.61. The summed E-state index contributed by atoms with van der Waals surface area (Å²) in [5, 5.41) is 9.96. The minimum Gasteiger partial charge on any atom is -0.490 e. The molecule has 0 spiro atoms. The highest BCUT2D eigenvalue weighted by Gasteiger charge is 2.23. The second kappa shape index (κ2) is 10.9. The molecule has 2 atom stereocenters. The lowest BCUT2D eigenvalue weighted by Gasteiger charge is -2.19. The molecule has 1 heterocycles. The standard InChI is InChI=1S/C22H32FN5O3/c1-7-10-14(4)31-19-12-18(28-22(30)27(6)20(26-28)13-24-5)17(23)11-16(19)21(29)25-15(8-2)9-3/h8,11-12,14-15,24H,2,7,9-10,13H2,1,3-6H3,(H,25,29)/t14-,15?/m0/s1. The Hall–Kier alpha value is -2.94. The lowest BCUT2D eigenvalue weighted by atomic mass is 10.1. The first-order valence-electron chi connectivity index (χ1n) is 10.5. The van der Waals surface area contributed by atoms with Gasteiger partial charge in [-0.05, 0) is 32.9 Å². The smallest absolute Gasteiger partial charge is 0.350 e. The molecular formula is C22H32FN5O3. The number of carbonyl (C=O) groups excluding carboxylic acids is 1. The third-order valence-electron chi connectivity index (χ3n) is 4.99. The Morgan fingerprint density at radius 1 is 1.39 bits per heavy atom. The van der Waals surface area contributed by atoms with Crippen LogP contribution >= 0.6 is 0 Å². The summed E-state index contributed by atoms with van der Waals surface area (Å²) in [4.78, 5) is 25.5. The third-order valence-corrected chi connectivity index (χ3v) is 4.99. The van der Waals surface area contributed by atoms with Crippen LogP contribution in [0.3, 0.4) is 0 Å². The van der Waals surface area contributed by atoms with Gasteiger partial charge >= 0.3 is 5.69 Å². The second-order valence-electron chi connectivity index (χ2n) is 7.44. The van der Waals surface area contributed by atoms with Crippen LogP contribution in [0.25, 0.3) is 5.69 Å². The minimum atomic E-state index is -0.747. The molecule has 2 rings (SSSR count). The predicted octanol–water partition coefficient (Wildman–Crippen LogP) is 2.69. The molecule has 8 nitrogen and oxygen atoms in total. The molecule has 0 saturated heterocycles. The van der Waals surface area contributed by atoms with Crippen molar-refractivity contribution in [3.8, 4) is 11.4 Å². The molecule has 170 valence electrons. The van der Waals surface area contributed by atoms with E-state index in [9.17, 15) is 9.59 Å². The molecule has 0 saturated carbocycles. The zero-order valence-corrected chi connectivity index (χ0v) is 18.9. The van der Waals surface area contributed by atoms with Crippen LogP contribution in [0.5, 0.6) is 5.75 Å². The van der Waals surface area contributed by atoms with E-state index >= 15 is 4.39 Å². The van der Waals surface area contributed by atoms with Gasteiger partial charge in [-0.3, -0.25) is 9.36 Å². The fourth-order valence-electron chi connectivity index (χ4n) is 3.18. The van der Waals surface area contributed by atoms with Crippen molar-refractivity contribution in [1.29, 1.82) is 0 Å². The van der Waals surface area contributed by atoms with E-state index in [1.54, 1.807) is 20.2 Å². The topological polar surface area (TPSA) is 90.2 Å². The van der Waals surface area contributed by atoms with E-state index in [-0.39, 0.29) is 29.1 Å². The molecule has 0 radical (unpaired) electrons. The molecule has 1 amide bonds. The van der Waals surface area contributed by atoms with E-state index in [0.29, 0.717) is 18.8 Å². The number of halogens is 1. The number of ether oxygens (including phenoxy) is 1. The molecule has 1 unspecified atom stereocenters. The summed E-state index contributed by atoms with van der Waals surface area (Å²) in [6.07, 6.45) is 3.72. The van der Waals surface area contributed by atoms with Gasteiger partial charge in [0.15, 0.2) is 0 Å². The zero-order chi connectivity index (χ0) is 23.1. The lowest BCUT2D eigenvalue weighted by Crippen LogP contribution is -2.33. The quantitative estimate of drug-likeness (QED) is 0.532. The summed E-state index contributed by atoms with van der Waals surface area (Å²) >= 11 is 0. The molecule has 0 fully saturated rings. The fraction of sp³-hybridized carbons (Fsp3) is 0.500. The monoisotopic (exact) mass is 433 g/mol. The number of amides is 1. The molecule has 1 aromatic carbocycles. The molecule has 2 aromatic rings. The van der Waals surface area contributed by atoms with Gasteiger partial charge in [0.25, 0.3) is 5.91 Å². The van der Waals surface area contributed by atoms with Crippen molar-refractivity contribution in [2.45, 2.75) is 58.7 Å². The van der Waals surface area contributed by atoms with Gasteiger partial charge < -0.3 is 15.4 Å². The van der Waals surface area contributed by atoms with Crippen LogP contribution in [0.2, 0.25) is 0 Å². The highest BCUT2D eigenvalue weighted by Crippen LogP contribution is 2.27. The van der Waals surface area contributed by atoms with Crippen molar-refractivity contribution >= 4 is 5.91 Å². The Kier molecular flexibility index (Phi) is 8.56. The predicted molar refractivity (Wildman–Crippen MR) is 118 cm³/mol. The fourth-order valence-corrected chi connectivity index (χ4v) is 3.18. The molecule has 0 aliphatic heterocycles. The van der Waals surface area contributed by atoms with E-state index in [2.05, 4.69) is 22.3 Å². The molecule has 0 aliphatic carbocycles. The summed E-state index contributed by atoms with van der Waals surface area (Å²) in [5.41, 5.74) is -0.510. The highest BCUT2D eigenvalue weighted by molar-refractivity contribution is 5.97. The minimum absolute atomic E-state index is 0.0592. The number of rotatable bonds is 11. The van der Waals surface area contributed by atoms with Gasteiger partial charge in [0.05, 0.1) is 18.2 Å². The number of hydrogen-bond donors (Lipinski definition) is 2. The van der Waals surface area contributed by atoms with Gasteiger partial charge in [-0.15, -0.1) is 11.7 Å². The van der Waals surface area contributed by atoms with Crippen LogP contribution < -0.4 is 21.1 Å². The van der Waals surface area contributed by atoms with Gasteiger partial charge in [0.2, 0.25) is 0 Å². The van der Waals surface area contributed by atoms with Crippen LogP contribution in [-0.2, 0) is 13.6 Å². The van der Waals surface area contributed by atoms with Crippen molar-refractivity contribution in [3.05, 3.63) is 52.5 Å². The van der Waals surface area contributed by atoms with Gasteiger partial charge in [-0.1, -0.05) is 26.3 Å². The van der Waals surface area contributed by atoms with Gasteiger partial charge in [0, 0.05) is 19.2 Å². The summed E-state index contributed by atoms with van der Waals surface area (Å²) in [7, 11) is 3.30. The summed E-state index contributed by atoms with van der Waals surface area (Å²) in [6, 6.07) is 2.20.